The zero-order chi connectivity index (χ0) is 10.8. The molecule has 2 heterocycles. The Kier molecular flexibility index (Phi) is 2.74. The van der Waals surface area contributed by atoms with Crippen LogP contribution in [0.25, 0.3) is 0 Å². The van der Waals surface area contributed by atoms with Gasteiger partial charge in [0.25, 0.3) is 0 Å². The molecule has 0 saturated heterocycles. The van der Waals surface area contributed by atoms with Crippen molar-refractivity contribution < 1.29 is 0 Å². The molecule has 2 aromatic rings. The summed E-state index contributed by atoms with van der Waals surface area (Å²) in [5, 5.41) is 7.11. The molecule has 0 saturated carbocycles. The Morgan fingerprint density at radius 1 is 1.67 bits per heavy atom. The summed E-state index contributed by atoms with van der Waals surface area (Å²) in [6.45, 7) is 2.57. The molecule has 0 aliphatic rings. The van der Waals surface area contributed by atoms with Crippen molar-refractivity contribution in [1.82, 2.24) is 19.7 Å². The molecule has 5 nitrogen and oxygen atoms in total. The predicted octanol–water partition coefficient (Wildman–Crippen LogP) is 0.726. The average molecular weight is 239 g/mol. The number of nitrogens with zero attached hydrogens (tertiary/aromatic N) is 4. The number of thiocarbonyl (C=S) groups is 1. The zero-order valence-corrected chi connectivity index (χ0v) is 9.68. The molecule has 0 aliphatic carbocycles. The van der Waals surface area contributed by atoms with E-state index < -0.39 is 0 Å². The lowest BCUT2D eigenvalue weighted by Gasteiger charge is -1.94. The van der Waals surface area contributed by atoms with Crippen molar-refractivity contribution in [3.63, 3.8) is 0 Å². The van der Waals surface area contributed by atoms with Crippen LogP contribution in [0.4, 0.5) is 0 Å². The van der Waals surface area contributed by atoms with Gasteiger partial charge < -0.3 is 5.73 Å². The number of thiazole rings is 1. The molecule has 0 fully saturated rings. The highest BCUT2D eigenvalue weighted by molar-refractivity contribution is 7.80. The fourth-order valence-electron chi connectivity index (χ4n) is 1.10. The second kappa shape index (κ2) is 4.03. The van der Waals surface area contributed by atoms with Crippen LogP contribution in [0.5, 0.6) is 0 Å². The number of nitrogens with two attached hydrogens (primary N) is 1. The lowest BCUT2D eigenvalue weighted by molar-refractivity contribution is 0.679. The highest BCUT2D eigenvalue weighted by Crippen LogP contribution is 2.09. The van der Waals surface area contributed by atoms with Crippen LogP contribution >= 0.6 is 23.6 Å². The average Bonchev–Trinajstić information content (AvgIpc) is 2.76. The third kappa shape index (κ3) is 2.37. The summed E-state index contributed by atoms with van der Waals surface area (Å²) in [4.78, 5) is 8.52. The van der Waals surface area contributed by atoms with Crippen molar-refractivity contribution in [3.05, 3.63) is 28.2 Å². The summed E-state index contributed by atoms with van der Waals surface area (Å²) in [5.74, 6) is 0.401. The molecule has 0 aromatic carbocycles. The molecule has 2 aromatic heterocycles. The van der Waals surface area contributed by atoms with Crippen LogP contribution in [0.1, 0.15) is 16.5 Å². The van der Waals surface area contributed by atoms with E-state index >= 15 is 0 Å². The minimum Gasteiger partial charge on any atom is -0.387 e. The van der Waals surface area contributed by atoms with Gasteiger partial charge in [-0.05, 0) is 6.92 Å². The Labute approximate surface area is 96.0 Å². The summed E-state index contributed by atoms with van der Waals surface area (Å²) in [5.41, 5.74) is 6.42. The van der Waals surface area contributed by atoms with E-state index in [4.69, 9.17) is 18.0 Å². The number of hydrogen-bond donors (Lipinski definition) is 1. The van der Waals surface area contributed by atoms with Crippen molar-refractivity contribution in [3.8, 4) is 0 Å². The highest BCUT2D eigenvalue weighted by Gasteiger charge is 2.05. The fourth-order valence-corrected chi connectivity index (χ4v) is 1.95. The van der Waals surface area contributed by atoms with Gasteiger partial charge >= 0.3 is 0 Å². The molecule has 2 rings (SSSR count). The molecule has 0 atom stereocenters. The van der Waals surface area contributed by atoms with Gasteiger partial charge in [-0.25, -0.2) is 14.6 Å². The number of aromatic nitrogens is 4. The summed E-state index contributed by atoms with van der Waals surface area (Å²) >= 11 is 6.37. The highest BCUT2D eigenvalue weighted by atomic mass is 32.1. The van der Waals surface area contributed by atoms with E-state index in [1.807, 2.05) is 12.3 Å². The monoisotopic (exact) mass is 239 g/mol. The van der Waals surface area contributed by atoms with Gasteiger partial charge in [0.05, 0.1) is 6.54 Å². The summed E-state index contributed by atoms with van der Waals surface area (Å²) in [6.07, 6.45) is 1.60. The van der Waals surface area contributed by atoms with Gasteiger partial charge in [0.1, 0.15) is 16.3 Å². The normalized spacial score (nSPS) is 10.5. The van der Waals surface area contributed by atoms with Crippen LogP contribution in [0.15, 0.2) is 11.7 Å². The van der Waals surface area contributed by atoms with E-state index in [1.165, 1.54) is 0 Å². The topological polar surface area (TPSA) is 69.6 Å². The van der Waals surface area contributed by atoms with E-state index in [1.54, 1.807) is 22.3 Å². The molecule has 2 N–H and O–H groups in total. The lowest BCUT2D eigenvalue weighted by atomic mass is 10.6. The van der Waals surface area contributed by atoms with Crippen molar-refractivity contribution in [2.75, 3.05) is 0 Å². The standard InChI is InChI=1S/C8H9N5S2/c1-5-3-15-6(11-5)2-13-4-10-8(12-13)7(9)14/h3-4H,2H2,1H3,(H2,9,14). The largest absolute Gasteiger partial charge is 0.387 e. The SMILES string of the molecule is Cc1csc(Cn2cnc(C(N)=S)n2)n1. The second-order valence-electron chi connectivity index (χ2n) is 3.01. The van der Waals surface area contributed by atoms with E-state index in [-0.39, 0.29) is 4.99 Å². The Morgan fingerprint density at radius 2 is 2.47 bits per heavy atom. The van der Waals surface area contributed by atoms with Crippen molar-refractivity contribution in [2.45, 2.75) is 13.5 Å². The minimum absolute atomic E-state index is 0.212. The molecular weight excluding hydrogens is 230 g/mol. The second-order valence-corrected chi connectivity index (χ2v) is 4.40. The maximum Gasteiger partial charge on any atom is 0.208 e. The first kappa shape index (κ1) is 10.2. The first-order valence-electron chi connectivity index (χ1n) is 4.25. The van der Waals surface area contributed by atoms with E-state index in [9.17, 15) is 0 Å². The molecular formula is C8H9N5S2. The first-order chi connectivity index (χ1) is 7.15. The quantitative estimate of drug-likeness (QED) is 0.799. The van der Waals surface area contributed by atoms with Gasteiger partial charge in [-0.1, -0.05) is 12.2 Å². The Hall–Kier alpha value is -1.34. The first-order valence-corrected chi connectivity index (χ1v) is 5.54. The minimum atomic E-state index is 0.212. The van der Waals surface area contributed by atoms with E-state index in [0.717, 1.165) is 10.7 Å². The molecule has 0 amide bonds. The Balaban J connectivity index is 2.14. The number of hydrogen-bond acceptors (Lipinski definition) is 5. The maximum atomic E-state index is 5.40. The molecule has 78 valence electrons. The van der Waals surface area contributed by atoms with Gasteiger partial charge in [-0.2, -0.15) is 0 Å². The number of rotatable bonds is 3. The molecule has 0 aliphatic heterocycles. The molecule has 15 heavy (non-hydrogen) atoms. The Morgan fingerprint density at radius 3 is 3.00 bits per heavy atom. The Bertz CT molecular complexity index is 487. The zero-order valence-electron chi connectivity index (χ0n) is 8.04. The fraction of sp³-hybridized carbons (Fsp3) is 0.250. The molecule has 0 radical (unpaired) electrons. The van der Waals surface area contributed by atoms with Gasteiger partial charge in [0.2, 0.25) is 5.82 Å². The summed E-state index contributed by atoms with van der Waals surface area (Å²) < 4.78 is 1.67. The smallest absolute Gasteiger partial charge is 0.208 e. The molecule has 7 heteroatoms. The van der Waals surface area contributed by atoms with Crippen LogP contribution in [0.3, 0.4) is 0 Å². The van der Waals surface area contributed by atoms with E-state index in [0.29, 0.717) is 12.4 Å². The van der Waals surface area contributed by atoms with E-state index in [2.05, 4.69) is 15.1 Å². The van der Waals surface area contributed by atoms with Crippen LogP contribution in [-0.2, 0) is 6.54 Å². The molecule has 0 spiro atoms. The lowest BCUT2D eigenvalue weighted by Crippen LogP contribution is -2.12. The van der Waals surface area contributed by atoms with Crippen LogP contribution < -0.4 is 5.73 Å². The molecule has 0 bridgehead atoms. The van der Waals surface area contributed by atoms with Crippen LogP contribution in [0.2, 0.25) is 0 Å². The predicted molar refractivity (Wildman–Crippen MR) is 61.9 cm³/mol. The summed E-state index contributed by atoms with van der Waals surface area (Å²) in [7, 11) is 0. The van der Waals surface area contributed by atoms with Gasteiger partial charge in [0, 0.05) is 11.1 Å². The van der Waals surface area contributed by atoms with Crippen LogP contribution in [-0.4, -0.2) is 24.7 Å². The van der Waals surface area contributed by atoms with Crippen molar-refractivity contribution >= 4 is 28.5 Å². The third-order valence-corrected chi connectivity index (χ3v) is 2.85. The van der Waals surface area contributed by atoms with Gasteiger partial charge in [-0.15, -0.1) is 16.4 Å². The third-order valence-electron chi connectivity index (χ3n) is 1.72. The molecule has 0 unspecified atom stereocenters. The van der Waals surface area contributed by atoms with Gasteiger partial charge in [0.15, 0.2) is 0 Å². The van der Waals surface area contributed by atoms with Gasteiger partial charge in [-0.3, -0.25) is 0 Å². The van der Waals surface area contributed by atoms with Crippen molar-refractivity contribution in [1.29, 1.82) is 0 Å². The van der Waals surface area contributed by atoms with Crippen molar-refractivity contribution in [2.24, 2.45) is 5.73 Å². The van der Waals surface area contributed by atoms with Crippen LogP contribution in [0, 0.1) is 6.92 Å². The summed E-state index contributed by atoms with van der Waals surface area (Å²) in [6, 6.07) is 0. The maximum absolute atomic E-state index is 5.40. The number of aryl methyl sites for hydroxylation is 1.